The third-order valence-corrected chi connectivity index (χ3v) is 4.41. The van der Waals surface area contributed by atoms with Gasteiger partial charge in [0.2, 0.25) is 0 Å². The standard InChI is InChI=1S/C20H20N4/c1-13(15-6-3-5-14(11-15)12-21)24-20(23-2)18-8-4-7-17-16(18)9-10-19(17)22/h3-8,11,19H,1,9-10,22H2,2H3,(H,23,24). The smallest absolute Gasteiger partial charge is 0.132 e. The Morgan fingerprint density at radius 1 is 1.33 bits per heavy atom. The van der Waals surface area contributed by atoms with Crippen molar-refractivity contribution >= 4 is 11.5 Å². The summed E-state index contributed by atoms with van der Waals surface area (Å²) in [4.78, 5) is 4.41. The van der Waals surface area contributed by atoms with Gasteiger partial charge in [-0.15, -0.1) is 0 Å². The van der Waals surface area contributed by atoms with Crippen LogP contribution in [0, 0.1) is 11.3 Å². The molecule has 4 nitrogen and oxygen atoms in total. The summed E-state index contributed by atoms with van der Waals surface area (Å²) in [6, 6.07) is 15.8. The molecule has 0 saturated heterocycles. The van der Waals surface area contributed by atoms with E-state index in [4.69, 9.17) is 11.0 Å². The molecule has 0 heterocycles. The summed E-state index contributed by atoms with van der Waals surface area (Å²) in [5, 5.41) is 12.3. The van der Waals surface area contributed by atoms with Crippen molar-refractivity contribution in [3.8, 4) is 6.07 Å². The molecular weight excluding hydrogens is 296 g/mol. The van der Waals surface area contributed by atoms with E-state index in [9.17, 15) is 0 Å². The van der Waals surface area contributed by atoms with Gasteiger partial charge >= 0.3 is 0 Å². The minimum atomic E-state index is 0.105. The van der Waals surface area contributed by atoms with Crippen LogP contribution in [0.5, 0.6) is 0 Å². The van der Waals surface area contributed by atoms with Crippen LogP contribution in [0.4, 0.5) is 0 Å². The Bertz CT molecular complexity index is 858. The van der Waals surface area contributed by atoms with Crippen molar-refractivity contribution in [1.82, 2.24) is 5.32 Å². The molecule has 2 aromatic carbocycles. The SMILES string of the molecule is C=C(NC(=NC)c1cccc2c1CCC2N)c1cccc(C#N)c1. The molecule has 120 valence electrons. The van der Waals surface area contributed by atoms with Gasteiger partial charge in [0.15, 0.2) is 0 Å². The van der Waals surface area contributed by atoms with E-state index in [1.54, 1.807) is 13.1 Å². The molecule has 1 aliphatic rings. The van der Waals surface area contributed by atoms with Gasteiger partial charge in [-0.3, -0.25) is 4.99 Å². The van der Waals surface area contributed by atoms with Gasteiger partial charge in [-0.1, -0.05) is 36.9 Å². The van der Waals surface area contributed by atoms with E-state index in [-0.39, 0.29) is 6.04 Å². The highest BCUT2D eigenvalue weighted by Crippen LogP contribution is 2.31. The molecule has 0 radical (unpaired) electrons. The largest absolute Gasteiger partial charge is 0.340 e. The zero-order valence-electron chi connectivity index (χ0n) is 13.7. The second-order valence-corrected chi connectivity index (χ2v) is 5.89. The average molecular weight is 316 g/mol. The molecule has 4 heteroatoms. The Morgan fingerprint density at radius 3 is 2.88 bits per heavy atom. The topological polar surface area (TPSA) is 74.2 Å². The summed E-state index contributed by atoms with van der Waals surface area (Å²) in [6.07, 6.45) is 1.93. The van der Waals surface area contributed by atoms with Crippen LogP contribution in [-0.2, 0) is 6.42 Å². The summed E-state index contributed by atoms with van der Waals surface area (Å²) < 4.78 is 0. The maximum atomic E-state index is 9.04. The fourth-order valence-corrected chi connectivity index (χ4v) is 3.14. The molecule has 1 aliphatic carbocycles. The van der Waals surface area contributed by atoms with Crippen LogP contribution < -0.4 is 11.1 Å². The lowest BCUT2D eigenvalue weighted by Gasteiger charge is -2.16. The molecule has 3 rings (SSSR count). The van der Waals surface area contributed by atoms with Crippen LogP contribution in [0.3, 0.4) is 0 Å². The summed E-state index contributed by atoms with van der Waals surface area (Å²) >= 11 is 0. The number of fused-ring (bicyclic) bond motifs is 1. The van der Waals surface area contributed by atoms with Crippen molar-refractivity contribution in [3.05, 3.63) is 76.9 Å². The maximum Gasteiger partial charge on any atom is 0.132 e. The van der Waals surface area contributed by atoms with Gasteiger partial charge in [-0.2, -0.15) is 5.26 Å². The molecule has 0 amide bonds. The molecule has 2 aromatic rings. The normalized spacial score (nSPS) is 16.4. The van der Waals surface area contributed by atoms with Crippen LogP contribution in [0.15, 0.2) is 54.0 Å². The van der Waals surface area contributed by atoms with Crippen molar-refractivity contribution in [2.75, 3.05) is 7.05 Å². The van der Waals surface area contributed by atoms with E-state index in [0.29, 0.717) is 11.3 Å². The number of aliphatic imine (C=N–C) groups is 1. The quantitative estimate of drug-likeness (QED) is 0.675. The van der Waals surface area contributed by atoms with Gasteiger partial charge in [0.05, 0.1) is 11.6 Å². The van der Waals surface area contributed by atoms with Crippen LogP contribution >= 0.6 is 0 Å². The van der Waals surface area contributed by atoms with Crippen LogP contribution in [-0.4, -0.2) is 12.9 Å². The van der Waals surface area contributed by atoms with Crippen molar-refractivity contribution in [2.24, 2.45) is 10.7 Å². The zero-order valence-corrected chi connectivity index (χ0v) is 13.7. The molecule has 24 heavy (non-hydrogen) atoms. The minimum absolute atomic E-state index is 0.105. The van der Waals surface area contributed by atoms with Crippen LogP contribution in [0.1, 0.15) is 40.3 Å². The van der Waals surface area contributed by atoms with E-state index in [1.165, 1.54) is 11.1 Å². The van der Waals surface area contributed by atoms with Gasteiger partial charge in [0.1, 0.15) is 5.84 Å². The fourth-order valence-electron chi connectivity index (χ4n) is 3.14. The first-order valence-corrected chi connectivity index (χ1v) is 7.95. The summed E-state index contributed by atoms with van der Waals surface area (Å²) in [5.74, 6) is 0.772. The molecule has 3 N–H and O–H groups in total. The zero-order chi connectivity index (χ0) is 17.1. The van der Waals surface area contributed by atoms with E-state index in [2.05, 4.69) is 35.1 Å². The van der Waals surface area contributed by atoms with Crippen molar-refractivity contribution in [3.63, 3.8) is 0 Å². The Balaban J connectivity index is 1.89. The highest BCUT2D eigenvalue weighted by atomic mass is 15.0. The number of hydrogen-bond donors (Lipinski definition) is 2. The van der Waals surface area contributed by atoms with E-state index in [0.717, 1.165) is 29.8 Å². The molecule has 1 unspecified atom stereocenters. The lowest BCUT2D eigenvalue weighted by molar-refractivity contribution is 0.713. The number of rotatable bonds is 3. The van der Waals surface area contributed by atoms with Crippen molar-refractivity contribution in [2.45, 2.75) is 18.9 Å². The average Bonchev–Trinajstić information content (AvgIpc) is 3.01. The van der Waals surface area contributed by atoms with Gasteiger partial charge in [-0.25, -0.2) is 0 Å². The van der Waals surface area contributed by atoms with Crippen molar-refractivity contribution < 1.29 is 0 Å². The number of nitrogens with two attached hydrogens (primary N) is 1. The first-order chi connectivity index (χ1) is 11.6. The summed E-state index contributed by atoms with van der Waals surface area (Å²) in [6.45, 7) is 4.10. The molecule has 0 fully saturated rings. The number of nitrogens with zero attached hydrogens (tertiary/aromatic N) is 2. The van der Waals surface area contributed by atoms with E-state index in [1.807, 2.05) is 24.3 Å². The molecule has 0 bridgehead atoms. The van der Waals surface area contributed by atoms with Gasteiger partial charge < -0.3 is 11.1 Å². The second-order valence-electron chi connectivity index (χ2n) is 5.89. The van der Waals surface area contributed by atoms with Gasteiger partial charge in [0.25, 0.3) is 0 Å². The second kappa shape index (κ2) is 6.69. The lowest BCUT2D eigenvalue weighted by Crippen LogP contribution is -2.24. The van der Waals surface area contributed by atoms with Gasteiger partial charge in [0, 0.05) is 24.4 Å². The predicted molar refractivity (Wildman–Crippen MR) is 97.5 cm³/mol. The number of amidine groups is 1. The van der Waals surface area contributed by atoms with Crippen LogP contribution in [0.25, 0.3) is 5.70 Å². The first-order valence-electron chi connectivity index (χ1n) is 7.95. The molecule has 0 spiro atoms. The lowest BCUT2D eigenvalue weighted by atomic mass is 10.0. The molecule has 1 atom stereocenters. The first kappa shape index (κ1) is 16.0. The molecular formula is C20H20N4. The number of nitrogens with one attached hydrogen (secondary N) is 1. The molecule has 0 saturated carbocycles. The van der Waals surface area contributed by atoms with Crippen LogP contribution in [0.2, 0.25) is 0 Å². The Labute approximate surface area is 142 Å². The van der Waals surface area contributed by atoms with Gasteiger partial charge in [-0.05, 0) is 41.7 Å². The monoisotopic (exact) mass is 316 g/mol. The number of hydrogen-bond acceptors (Lipinski definition) is 3. The van der Waals surface area contributed by atoms with E-state index < -0.39 is 0 Å². The Hall–Kier alpha value is -2.90. The Morgan fingerprint density at radius 2 is 2.12 bits per heavy atom. The Kier molecular flexibility index (Phi) is 4.45. The molecule has 0 aromatic heterocycles. The maximum absolute atomic E-state index is 9.04. The molecule has 0 aliphatic heterocycles. The van der Waals surface area contributed by atoms with E-state index >= 15 is 0 Å². The third-order valence-electron chi connectivity index (χ3n) is 4.41. The highest BCUT2D eigenvalue weighted by molar-refractivity contribution is 6.04. The summed E-state index contributed by atoms with van der Waals surface area (Å²) in [7, 11) is 1.76. The summed E-state index contributed by atoms with van der Waals surface area (Å²) in [5.41, 5.74) is 11.9. The fraction of sp³-hybridized carbons (Fsp3) is 0.200. The van der Waals surface area contributed by atoms with Crippen molar-refractivity contribution in [1.29, 1.82) is 5.26 Å². The minimum Gasteiger partial charge on any atom is -0.340 e. The number of benzene rings is 2. The third kappa shape index (κ3) is 2.94. The number of nitriles is 1. The highest BCUT2D eigenvalue weighted by Gasteiger charge is 2.23. The predicted octanol–water partition coefficient (Wildman–Crippen LogP) is 3.14.